The molecule has 3 aromatic heterocycles. The Morgan fingerprint density at radius 3 is 0.988 bits per heavy atom. The highest BCUT2D eigenvalue weighted by molar-refractivity contribution is 6.11. The molecule has 14 rings (SSSR count). The first kappa shape index (κ1) is 48.3. The number of hydrogen-bond donors (Lipinski definition) is 0. The highest BCUT2D eigenvalue weighted by atomic mass is 15.1. The monoisotopic (exact) mass is 1030 g/mol. The third kappa shape index (κ3) is 8.53. The van der Waals surface area contributed by atoms with Crippen LogP contribution in [0.1, 0.15) is 36.1 Å². The molecule has 0 unspecified atom stereocenters. The normalized spacial score (nSPS) is 11.6. The minimum atomic E-state index is 0.827. The number of aryl methyl sites for hydroxylation is 4. The quantitative estimate of drug-likeness (QED) is 0.122. The summed E-state index contributed by atoms with van der Waals surface area (Å²) in [7, 11) is 0. The molecule has 0 aliphatic heterocycles. The molecule has 384 valence electrons. The van der Waals surface area contributed by atoms with Gasteiger partial charge in [-0.25, -0.2) is 9.97 Å². The highest BCUT2D eigenvalue weighted by Gasteiger charge is 2.21. The van der Waals surface area contributed by atoms with E-state index in [4.69, 9.17) is 9.97 Å². The minimum Gasteiger partial charge on any atom is -0.311 e. The fourth-order valence-electron chi connectivity index (χ4n) is 11.9. The average molecular weight is 1030 g/mol. The molecular weight excluding hydrogens is 973 g/mol. The number of anilines is 6. The molecule has 0 bridgehead atoms. The van der Waals surface area contributed by atoms with E-state index in [0.29, 0.717) is 0 Å². The zero-order valence-electron chi connectivity index (χ0n) is 45.3. The zero-order chi connectivity index (χ0) is 53.8. The second-order valence-electron chi connectivity index (χ2n) is 21.0. The van der Waals surface area contributed by atoms with Crippen molar-refractivity contribution in [1.29, 1.82) is 0 Å². The Morgan fingerprint density at radius 2 is 0.625 bits per heavy atom. The summed E-state index contributed by atoms with van der Waals surface area (Å²) in [5, 5.41) is 5.15. The first-order valence-electron chi connectivity index (χ1n) is 27.8. The molecule has 0 atom stereocenters. The van der Waals surface area contributed by atoms with E-state index in [0.717, 1.165) is 91.9 Å². The molecule has 0 spiro atoms. The number of hydrogen-bond acceptors (Lipinski definition) is 4. The molecule has 0 amide bonds. The molecule has 0 N–H and O–H groups in total. The summed E-state index contributed by atoms with van der Waals surface area (Å²) in [6.45, 7) is 8.80. The molecular formula is C74H58N6. The molecule has 0 saturated heterocycles. The van der Waals surface area contributed by atoms with Crippen LogP contribution in [0.5, 0.6) is 0 Å². The van der Waals surface area contributed by atoms with Crippen molar-refractivity contribution in [2.45, 2.75) is 40.5 Å². The molecule has 11 aromatic carbocycles. The van der Waals surface area contributed by atoms with Crippen LogP contribution in [0.2, 0.25) is 0 Å². The van der Waals surface area contributed by atoms with Crippen molar-refractivity contribution in [3.8, 4) is 33.9 Å². The zero-order valence-corrected chi connectivity index (χ0v) is 45.3. The van der Waals surface area contributed by atoms with Crippen LogP contribution < -0.4 is 9.80 Å². The van der Waals surface area contributed by atoms with Crippen molar-refractivity contribution in [2.75, 3.05) is 9.80 Å². The van der Waals surface area contributed by atoms with Crippen LogP contribution in [-0.2, 0) is 12.8 Å². The van der Waals surface area contributed by atoms with Gasteiger partial charge in [-0.05, 0) is 196 Å². The van der Waals surface area contributed by atoms with Gasteiger partial charge >= 0.3 is 0 Å². The Labute approximate surface area is 466 Å². The van der Waals surface area contributed by atoms with Gasteiger partial charge in [0.25, 0.3) is 0 Å². The number of nitrogens with zero attached hydrogens (tertiary/aromatic N) is 6. The first-order valence-corrected chi connectivity index (χ1v) is 27.8. The maximum absolute atomic E-state index is 5.35. The Bertz CT molecular complexity index is 4300. The molecule has 6 nitrogen and oxygen atoms in total. The van der Waals surface area contributed by atoms with Crippen LogP contribution in [0.25, 0.3) is 88.5 Å². The molecule has 0 fully saturated rings. The lowest BCUT2D eigenvalue weighted by Crippen LogP contribution is -2.10. The van der Waals surface area contributed by atoms with Crippen LogP contribution in [0.4, 0.5) is 34.1 Å². The summed E-state index contributed by atoms with van der Waals surface area (Å²) >= 11 is 0. The Kier molecular flexibility index (Phi) is 12.1. The third-order valence-electron chi connectivity index (χ3n) is 15.9. The largest absolute Gasteiger partial charge is 0.311 e. The Hall–Kier alpha value is -10.0. The smallest absolute Gasteiger partial charge is 0.0973 e. The van der Waals surface area contributed by atoms with Gasteiger partial charge in [0.05, 0.1) is 44.5 Å². The summed E-state index contributed by atoms with van der Waals surface area (Å²) in [5.41, 5.74) is 24.0. The summed E-state index contributed by atoms with van der Waals surface area (Å²) in [4.78, 5) is 15.3. The van der Waals surface area contributed by atoms with E-state index >= 15 is 0 Å². The average Bonchev–Trinajstić information content (AvgIpc) is 4.08. The first-order chi connectivity index (χ1) is 39.4. The van der Waals surface area contributed by atoms with Crippen molar-refractivity contribution in [3.05, 3.63) is 277 Å². The van der Waals surface area contributed by atoms with Crippen LogP contribution in [0.15, 0.2) is 255 Å². The van der Waals surface area contributed by atoms with E-state index in [-0.39, 0.29) is 0 Å². The molecule has 80 heavy (non-hydrogen) atoms. The van der Waals surface area contributed by atoms with E-state index in [1.807, 2.05) is 24.3 Å². The highest BCUT2D eigenvalue weighted by Crippen LogP contribution is 2.42. The van der Waals surface area contributed by atoms with Crippen molar-refractivity contribution in [3.63, 3.8) is 0 Å². The Balaban J connectivity index is 0.807. The van der Waals surface area contributed by atoms with Crippen molar-refractivity contribution in [1.82, 2.24) is 19.1 Å². The number of para-hydroxylation sites is 4. The number of aromatic nitrogens is 4. The van der Waals surface area contributed by atoms with E-state index in [9.17, 15) is 0 Å². The van der Waals surface area contributed by atoms with E-state index < -0.39 is 0 Å². The summed E-state index contributed by atoms with van der Waals surface area (Å²) in [5.74, 6) is 0. The summed E-state index contributed by atoms with van der Waals surface area (Å²) < 4.78 is 4.80. The summed E-state index contributed by atoms with van der Waals surface area (Å²) in [6.07, 6.45) is 2.00. The van der Waals surface area contributed by atoms with Gasteiger partial charge in [0, 0.05) is 78.2 Å². The van der Waals surface area contributed by atoms with Crippen LogP contribution >= 0.6 is 0 Å². The summed E-state index contributed by atoms with van der Waals surface area (Å²) in [6, 6.07) is 92.3. The van der Waals surface area contributed by atoms with Crippen LogP contribution in [-0.4, -0.2) is 19.1 Å². The van der Waals surface area contributed by atoms with E-state index in [2.05, 4.69) is 277 Å². The van der Waals surface area contributed by atoms with Gasteiger partial charge in [0.1, 0.15) is 0 Å². The van der Waals surface area contributed by atoms with Gasteiger partial charge < -0.3 is 18.9 Å². The predicted octanol–water partition coefficient (Wildman–Crippen LogP) is 19.8. The number of fused-ring (bicyclic) bond motifs is 7. The van der Waals surface area contributed by atoms with Gasteiger partial charge in [-0.15, -0.1) is 0 Å². The van der Waals surface area contributed by atoms with Crippen molar-refractivity contribution < 1.29 is 0 Å². The van der Waals surface area contributed by atoms with Crippen molar-refractivity contribution >= 4 is 88.8 Å². The maximum Gasteiger partial charge on any atom is 0.0973 e. The number of rotatable bonds is 12. The fourth-order valence-corrected chi connectivity index (χ4v) is 11.9. The SMILES string of the molecule is CCc1ccc2c(c1)c1cc(C)ccc1n2-c1ccc(N(c2ccccc2)c2ccc(-c3nc4ccccc4nc3-c3ccc(N(c4ccccc4)c4ccc(-n5c6ccc(C)cc6c6cc(CC)ccc65)cc4)cc3)cc2)cc1. The van der Waals surface area contributed by atoms with Crippen molar-refractivity contribution in [2.24, 2.45) is 0 Å². The topological polar surface area (TPSA) is 42.1 Å². The second-order valence-corrected chi connectivity index (χ2v) is 21.0. The predicted molar refractivity (Wildman–Crippen MR) is 337 cm³/mol. The van der Waals surface area contributed by atoms with Gasteiger partial charge in [0.15, 0.2) is 0 Å². The lowest BCUT2D eigenvalue weighted by molar-refractivity contribution is 1.14. The molecule has 0 aliphatic carbocycles. The van der Waals surface area contributed by atoms with E-state index in [1.54, 1.807) is 0 Å². The lowest BCUT2D eigenvalue weighted by Gasteiger charge is -2.26. The van der Waals surface area contributed by atoms with Gasteiger partial charge in [-0.1, -0.05) is 122 Å². The standard InChI is InChI=1S/C74H58N6/c1-5-51-23-43-71-65(47-51)63-45-49(3)21-41-69(63)79(71)61-37-33-59(34-38-61)77(55-15-9-7-10-16-55)57-29-25-53(26-30-57)73-74(76-68-20-14-13-19-67(68)75-73)54-27-31-58(32-28-54)78(56-17-11-8-12-18-56)60-35-39-62(40-36-60)80-70-42-22-50(4)46-64(70)66-48-52(6-2)24-44-72(66)80/h7-48H,5-6H2,1-4H3. The van der Waals surface area contributed by atoms with Gasteiger partial charge in [-0.3, -0.25) is 0 Å². The molecule has 3 heterocycles. The minimum absolute atomic E-state index is 0.827. The number of benzene rings is 11. The molecule has 0 radical (unpaired) electrons. The molecule has 14 aromatic rings. The van der Waals surface area contributed by atoms with Gasteiger partial charge in [-0.2, -0.15) is 0 Å². The van der Waals surface area contributed by atoms with Gasteiger partial charge in [0.2, 0.25) is 0 Å². The molecule has 6 heteroatoms. The second kappa shape index (κ2) is 20.1. The Morgan fingerprint density at radius 1 is 0.312 bits per heavy atom. The van der Waals surface area contributed by atoms with Crippen LogP contribution in [0, 0.1) is 13.8 Å². The fraction of sp³-hybridized carbons (Fsp3) is 0.0811. The lowest BCUT2D eigenvalue weighted by atomic mass is 10.0. The maximum atomic E-state index is 5.35. The molecule has 0 aliphatic rings. The van der Waals surface area contributed by atoms with Crippen LogP contribution in [0.3, 0.4) is 0 Å². The molecule has 0 saturated carbocycles. The third-order valence-corrected chi connectivity index (χ3v) is 15.9. The van der Waals surface area contributed by atoms with E-state index in [1.165, 1.54) is 65.9 Å².